The van der Waals surface area contributed by atoms with Crippen LogP contribution in [0.2, 0.25) is 0 Å². The highest BCUT2D eigenvalue weighted by atomic mass is 19.3. The zero-order valence-corrected chi connectivity index (χ0v) is 13.6. The van der Waals surface area contributed by atoms with Gasteiger partial charge >= 0.3 is 6.29 Å². The molecule has 1 aliphatic rings. The van der Waals surface area contributed by atoms with Gasteiger partial charge in [0, 0.05) is 30.1 Å². The van der Waals surface area contributed by atoms with Gasteiger partial charge < -0.3 is 25.4 Å². The second kappa shape index (κ2) is 6.87. The predicted molar refractivity (Wildman–Crippen MR) is 89.6 cm³/mol. The van der Waals surface area contributed by atoms with Crippen LogP contribution in [-0.2, 0) is 4.79 Å². The van der Waals surface area contributed by atoms with Crippen molar-refractivity contribution in [2.24, 2.45) is 0 Å². The maximum atomic E-state index is 13.0. The molecule has 3 rings (SSSR count). The summed E-state index contributed by atoms with van der Waals surface area (Å²) in [5.74, 6) is -0.745. The first kappa shape index (κ1) is 17.5. The van der Waals surface area contributed by atoms with Crippen LogP contribution in [-0.4, -0.2) is 31.7 Å². The van der Waals surface area contributed by atoms with E-state index in [0.29, 0.717) is 16.9 Å². The Morgan fingerprint density at radius 2 is 1.65 bits per heavy atom. The summed E-state index contributed by atoms with van der Waals surface area (Å²) < 4.78 is 34.6. The fourth-order valence-electron chi connectivity index (χ4n) is 2.30. The SMILES string of the molecule is CNC(=O)c1ccc(NC(=O)CNc2ccc3c(c2)OC(F)(F)O3)cc1. The lowest BCUT2D eigenvalue weighted by molar-refractivity contribution is -0.286. The molecule has 1 aliphatic heterocycles. The van der Waals surface area contributed by atoms with E-state index >= 15 is 0 Å². The summed E-state index contributed by atoms with van der Waals surface area (Å²) in [5.41, 5.74) is 1.42. The van der Waals surface area contributed by atoms with Crippen molar-refractivity contribution in [1.82, 2.24) is 5.32 Å². The normalized spacial score (nSPS) is 13.8. The van der Waals surface area contributed by atoms with E-state index in [2.05, 4.69) is 25.4 Å². The van der Waals surface area contributed by atoms with Gasteiger partial charge in [-0.05, 0) is 36.4 Å². The fraction of sp³-hybridized carbons (Fsp3) is 0.176. The minimum absolute atomic E-state index is 0.0683. The molecule has 0 aromatic heterocycles. The molecule has 7 nitrogen and oxygen atoms in total. The topological polar surface area (TPSA) is 88.7 Å². The highest BCUT2D eigenvalue weighted by molar-refractivity contribution is 5.96. The van der Waals surface area contributed by atoms with Crippen LogP contribution in [0.25, 0.3) is 0 Å². The van der Waals surface area contributed by atoms with Crippen LogP contribution in [0.1, 0.15) is 10.4 Å². The van der Waals surface area contributed by atoms with Gasteiger partial charge in [-0.2, -0.15) is 0 Å². The Balaban J connectivity index is 1.54. The number of rotatable bonds is 5. The van der Waals surface area contributed by atoms with E-state index < -0.39 is 6.29 Å². The zero-order chi connectivity index (χ0) is 18.7. The van der Waals surface area contributed by atoms with Crippen LogP contribution in [0, 0.1) is 0 Å². The van der Waals surface area contributed by atoms with Crippen LogP contribution in [0.15, 0.2) is 42.5 Å². The van der Waals surface area contributed by atoms with Crippen molar-refractivity contribution < 1.29 is 27.8 Å². The number of amides is 2. The summed E-state index contributed by atoms with van der Waals surface area (Å²) in [7, 11) is 1.53. The van der Waals surface area contributed by atoms with Crippen LogP contribution < -0.4 is 25.4 Å². The molecule has 0 bridgehead atoms. The Morgan fingerprint density at radius 1 is 1.00 bits per heavy atom. The van der Waals surface area contributed by atoms with Crippen molar-refractivity contribution in [1.29, 1.82) is 0 Å². The summed E-state index contributed by atoms with van der Waals surface area (Å²) in [4.78, 5) is 23.4. The molecule has 136 valence electrons. The van der Waals surface area contributed by atoms with Crippen LogP contribution in [0.4, 0.5) is 20.2 Å². The molecule has 2 aromatic carbocycles. The van der Waals surface area contributed by atoms with E-state index in [1.54, 1.807) is 24.3 Å². The fourth-order valence-corrected chi connectivity index (χ4v) is 2.30. The van der Waals surface area contributed by atoms with E-state index in [1.165, 1.54) is 25.2 Å². The van der Waals surface area contributed by atoms with Gasteiger partial charge in [0.25, 0.3) is 5.91 Å². The number of fused-ring (bicyclic) bond motifs is 1. The lowest BCUT2D eigenvalue weighted by Crippen LogP contribution is -2.25. The second-order valence-corrected chi connectivity index (χ2v) is 5.39. The Labute approximate surface area is 147 Å². The third kappa shape index (κ3) is 4.00. The largest absolute Gasteiger partial charge is 0.586 e. The number of ether oxygens (including phenoxy) is 2. The van der Waals surface area contributed by atoms with Gasteiger partial charge in [0.1, 0.15) is 0 Å². The molecule has 0 atom stereocenters. The van der Waals surface area contributed by atoms with Gasteiger partial charge in [0.15, 0.2) is 11.5 Å². The average molecular weight is 363 g/mol. The lowest BCUT2D eigenvalue weighted by Gasteiger charge is -2.09. The van der Waals surface area contributed by atoms with Crippen molar-refractivity contribution in [2.45, 2.75) is 6.29 Å². The summed E-state index contributed by atoms with van der Waals surface area (Å²) in [6, 6.07) is 10.5. The summed E-state index contributed by atoms with van der Waals surface area (Å²) in [5, 5.41) is 7.96. The Bertz CT molecular complexity index is 840. The van der Waals surface area contributed by atoms with Crippen LogP contribution in [0.3, 0.4) is 0 Å². The third-order valence-corrected chi connectivity index (χ3v) is 3.51. The zero-order valence-electron chi connectivity index (χ0n) is 13.6. The number of anilines is 2. The molecular formula is C17H15F2N3O4. The van der Waals surface area contributed by atoms with Crippen LogP contribution in [0.5, 0.6) is 11.5 Å². The molecule has 0 radical (unpaired) electrons. The third-order valence-electron chi connectivity index (χ3n) is 3.51. The van der Waals surface area contributed by atoms with Gasteiger partial charge in [-0.25, -0.2) is 0 Å². The first-order valence-electron chi connectivity index (χ1n) is 7.62. The standard InChI is InChI=1S/C17H15F2N3O4/c1-20-16(24)10-2-4-11(5-3-10)22-15(23)9-21-12-6-7-13-14(8-12)26-17(18,19)25-13/h2-8,21H,9H2,1H3,(H,20,24)(H,22,23). The van der Waals surface area contributed by atoms with E-state index in [-0.39, 0.29) is 29.9 Å². The van der Waals surface area contributed by atoms with E-state index in [9.17, 15) is 18.4 Å². The number of hydrogen-bond acceptors (Lipinski definition) is 5. The summed E-state index contributed by atoms with van der Waals surface area (Å²) >= 11 is 0. The molecule has 0 unspecified atom stereocenters. The van der Waals surface area contributed by atoms with Gasteiger partial charge in [0.2, 0.25) is 5.91 Å². The Hall–Kier alpha value is -3.36. The summed E-state index contributed by atoms with van der Waals surface area (Å²) in [6.45, 7) is -0.0900. The lowest BCUT2D eigenvalue weighted by atomic mass is 10.2. The molecule has 2 amide bonds. The molecular weight excluding hydrogens is 348 g/mol. The van der Waals surface area contributed by atoms with E-state index in [1.807, 2.05) is 0 Å². The molecule has 0 spiro atoms. The molecule has 9 heteroatoms. The first-order valence-corrected chi connectivity index (χ1v) is 7.62. The molecule has 0 saturated carbocycles. The quantitative estimate of drug-likeness (QED) is 0.759. The molecule has 2 aromatic rings. The minimum atomic E-state index is -3.68. The molecule has 26 heavy (non-hydrogen) atoms. The van der Waals surface area contributed by atoms with Crippen molar-refractivity contribution in [3.63, 3.8) is 0 Å². The first-order chi connectivity index (χ1) is 12.4. The molecule has 1 heterocycles. The van der Waals surface area contributed by atoms with Crippen LogP contribution >= 0.6 is 0 Å². The smallest absolute Gasteiger partial charge is 0.395 e. The van der Waals surface area contributed by atoms with Crippen molar-refractivity contribution in [3.8, 4) is 11.5 Å². The Morgan fingerprint density at radius 3 is 2.35 bits per heavy atom. The van der Waals surface area contributed by atoms with Gasteiger partial charge in [0.05, 0.1) is 6.54 Å². The molecule has 0 aliphatic carbocycles. The van der Waals surface area contributed by atoms with E-state index in [4.69, 9.17) is 0 Å². The van der Waals surface area contributed by atoms with Gasteiger partial charge in [-0.3, -0.25) is 9.59 Å². The number of hydrogen-bond donors (Lipinski definition) is 3. The highest BCUT2D eigenvalue weighted by Crippen LogP contribution is 2.42. The molecule has 0 fully saturated rings. The minimum Gasteiger partial charge on any atom is -0.395 e. The number of halogens is 2. The maximum Gasteiger partial charge on any atom is 0.586 e. The van der Waals surface area contributed by atoms with Gasteiger partial charge in [-0.15, -0.1) is 8.78 Å². The summed E-state index contributed by atoms with van der Waals surface area (Å²) in [6.07, 6.45) is -3.68. The van der Waals surface area contributed by atoms with Crippen molar-refractivity contribution in [2.75, 3.05) is 24.2 Å². The number of alkyl halides is 2. The monoisotopic (exact) mass is 363 g/mol. The maximum absolute atomic E-state index is 13.0. The second-order valence-electron chi connectivity index (χ2n) is 5.39. The number of carbonyl (C=O) groups excluding carboxylic acids is 2. The van der Waals surface area contributed by atoms with E-state index in [0.717, 1.165) is 0 Å². The Kier molecular flexibility index (Phi) is 4.61. The molecule has 3 N–H and O–H groups in total. The number of carbonyl (C=O) groups is 2. The number of nitrogens with one attached hydrogen (secondary N) is 3. The highest BCUT2D eigenvalue weighted by Gasteiger charge is 2.43. The van der Waals surface area contributed by atoms with Gasteiger partial charge in [-0.1, -0.05) is 0 Å². The average Bonchev–Trinajstić information content (AvgIpc) is 2.93. The molecule has 0 saturated heterocycles. The predicted octanol–water partition coefficient (Wildman–Crippen LogP) is 2.42. The number of benzene rings is 2. The van der Waals surface area contributed by atoms with Crippen molar-refractivity contribution in [3.05, 3.63) is 48.0 Å². The van der Waals surface area contributed by atoms with Crippen molar-refractivity contribution >= 4 is 23.2 Å².